The Hall–Kier alpha value is -1.20. The molecule has 0 spiro atoms. The second-order valence-electron chi connectivity index (χ2n) is 5.79. The summed E-state index contributed by atoms with van der Waals surface area (Å²) in [7, 11) is -0.724. The van der Waals surface area contributed by atoms with Crippen molar-refractivity contribution in [2.75, 3.05) is 18.4 Å². The van der Waals surface area contributed by atoms with Crippen molar-refractivity contribution in [3.05, 3.63) is 18.2 Å². The lowest BCUT2D eigenvalue weighted by Crippen LogP contribution is -2.44. The molecule has 1 heterocycles. The second kappa shape index (κ2) is 5.42. The quantitative estimate of drug-likeness (QED) is 0.626. The van der Waals surface area contributed by atoms with Crippen molar-refractivity contribution in [2.24, 2.45) is 0 Å². The van der Waals surface area contributed by atoms with Crippen LogP contribution in [0.4, 0.5) is 5.69 Å². The number of hydrogen-bond acceptors (Lipinski definition) is 4. The Morgan fingerprint density at radius 1 is 1.26 bits per heavy atom. The van der Waals surface area contributed by atoms with Crippen LogP contribution < -0.4 is 14.4 Å². The summed E-state index contributed by atoms with van der Waals surface area (Å²) >= 11 is 0. The Kier molecular flexibility index (Phi) is 4.06. The molecule has 2 rings (SSSR count). The minimum absolute atomic E-state index is 0.0433. The summed E-state index contributed by atoms with van der Waals surface area (Å²) in [4.78, 5) is 2.22. The summed E-state index contributed by atoms with van der Waals surface area (Å²) in [5, 5.41) is 0. The number of ether oxygens (including phenoxy) is 2. The normalized spacial score (nSPS) is 14.0. The molecular formula is C14H22NO3Si. The third kappa shape index (κ3) is 3.22. The molecule has 0 aromatic heterocycles. The average Bonchev–Trinajstić information content (AvgIpc) is 2.75. The highest BCUT2D eigenvalue weighted by molar-refractivity contribution is 6.48. The molecule has 0 fully saturated rings. The van der Waals surface area contributed by atoms with Crippen molar-refractivity contribution in [2.45, 2.75) is 39.4 Å². The molecule has 0 bridgehead atoms. The van der Waals surface area contributed by atoms with E-state index in [9.17, 15) is 0 Å². The van der Waals surface area contributed by atoms with Gasteiger partial charge in [0.2, 0.25) is 15.8 Å². The fourth-order valence-electron chi connectivity index (χ4n) is 1.95. The molecule has 1 aliphatic rings. The Balaban J connectivity index is 2.31. The van der Waals surface area contributed by atoms with E-state index >= 15 is 0 Å². The van der Waals surface area contributed by atoms with Gasteiger partial charge in [-0.15, -0.1) is 0 Å². The Labute approximate surface area is 117 Å². The van der Waals surface area contributed by atoms with E-state index in [4.69, 9.17) is 13.9 Å². The first-order valence-corrected chi connectivity index (χ1v) is 8.89. The molecule has 105 valence electrons. The second-order valence-corrected chi connectivity index (χ2v) is 7.90. The molecular weight excluding hydrogens is 258 g/mol. The molecule has 4 nitrogen and oxygen atoms in total. The molecule has 1 aromatic carbocycles. The number of fused-ring (bicyclic) bond motifs is 1. The van der Waals surface area contributed by atoms with E-state index in [0.717, 1.165) is 17.2 Å². The number of para-hydroxylation sites is 1. The number of anilines is 1. The largest absolute Gasteiger partial charge is 0.454 e. The summed E-state index contributed by atoms with van der Waals surface area (Å²) in [5.74, 6) is 1.63. The Bertz CT molecular complexity index is 443. The topological polar surface area (TPSA) is 30.9 Å². The van der Waals surface area contributed by atoms with Crippen LogP contribution in [0.2, 0.25) is 13.1 Å². The van der Waals surface area contributed by atoms with Crippen molar-refractivity contribution >= 4 is 14.7 Å². The van der Waals surface area contributed by atoms with Gasteiger partial charge in [0.05, 0.1) is 5.69 Å². The van der Waals surface area contributed by atoms with Gasteiger partial charge in [-0.25, -0.2) is 0 Å². The monoisotopic (exact) mass is 280 g/mol. The van der Waals surface area contributed by atoms with E-state index in [2.05, 4.69) is 44.8 Å². The highest BCUT2D eigenvalue weighted by Crippen LogP contribution is 2.42. The lowest BCUT2D eigenvalue weighted by Gasteiger charge is -2.38. The molecule has 0 N–H and O–H groups in total. The molecule has 0 amide bonds. The van der Waals surface area contributed by atoms with Gasteiger partial charge < -0.3 is 18.8 Å². The Morgan fingerprint density at radius 3 is 2.63 bits per heavy atom. The third-order valence-corrected chi connectivity index (χ3v) is 3.67. The molecule has 1 aromatic rings. The summed E-state index contributed by atoms with van der Waals surface area (Å²) < 4.78 is 16.9. The van der Waals surface area contributed by atoms with Crippen molar-refractivity contribution in [1.29, 1.82) is 0 Å². The van der Waals surface area contributed by atoms with E-state index in [1.807, 2.05) is 12.1 Å². The van der Waals surface area contributed by atoms with Crippen molar-refractivity contribution in [1.82, 2.24) is 0 Å². The zero-order valence-corrected chi connectivity index (χ0v) is 13.3. The van der Waals surface area contributed by atoms with E-state index in [-0.39, 0.29) is 5.54 Å². The SMILES string of the molecule is C[Si](C)OCN(c1cccc2c1OCO2)C(C)(C)C. The first-order valence-electron chi connectivity index (χ1n) is 6.49. The minimum Gasteiger partial charge on any atom is -0.454 e. The maximum atomic E-state index is 5.88. The van der Waals surface area contributed by atoms with Crippen LogP contribution >= 0.6 is 0 Å². The zero-order chi connectivity index (χ0) is 14.0. The number of hydrogen-bond donors (Lipinski definition) is 0. The molecule has 0 saturated carbocycles. The van der Waals surface area contributed by atoms with Crippen LogP contribution in [0.15, 0.2) is 18.2 Å². The van der Waals surface area contributed by atoms with Gasteiger partial charge in [-0.05, 0) is 46.0 Å². The summed E-state index contributed by atoms with van der Waals surface area (Å²) in [6, 6.07) is 5.98. The molecule has 1 radical (unpaired) electrons. The van der Waals surface area contributed by atoms with Crippen molar-refractivity contribution in [3.8, 4) is 11.5 Å². The smallest absolute Gasteiger partial charge is 0.231 e. The fourth-order valence-corrected chi connectivity index (χ4v) is 2.33. The Morgan fingerprint density at radius 2 is 2.00 bits per heavy atom. The van der Waals surface area contributed by atoms with Crippen LogP contribution in [0, 0.1) is 0 Å². The maximum absolute atomic E-state index is 5.88. The van der Waals surface area contributed by atoms with E-state index in [1.165, 1.54) is 0 Å². The van der Waals surface area contributed by atoms with Crippen LogP contribution in [0.3, 0.4) is 0 Å². The molecule has 5 heteroatoms. The predicted octanol–water partition coefficient (Wildman–Crippen LogP) is 3.25. The fraction of sp³-hybridized carbons (Fsp3) is 0.571. The van der Waals surface area contributed by atoms with Crippen LogP contribution in [-0.2, 0) is 4.43 Å². The molecule has 19 heavy (non-hydrogen) atoms. The van der Waals surface area contributed by atoms with Crippen molar-refractivity contribution < 1.29 is 13.9 Å². The van der Waals surface area contributed by atoms with E-state index in [1.54, 1.807) is 0 Å². The van der Waals surface area contributed by atoms with E-state index in [0.29, 0.717) is 13.5 Å². The van der Waals surface area contributed by atoms with Gasteiger partial charge in [-0.3, -0.25) is 0 Å². The average molecular weight is 280 g/mol. The van der Waals surface area contributed by atoms with E-state index < -0.39 is 9.04 Å². The minimum atomic E-state index is -0.724. The van der Waals surface area contributed by atoms with Gasteiger partial charge in [0.1, 0.15) is 6.73 Å². The lowest BCUT2D eigenvalue weighted by molar-refractivity contribution is 0.173. The summed E-state index contributed by atoms with van der Waals surface area (Å²) in [6.45, 7) is 11.7. The summed E-state index contributed by atoms with van der Waals surface area (Å²) in [5.41, 5.74) is 0.990. The number of nitrogens with zero attached hydrogens (tertiary/aromatic N) is 1. The van der Waals surface area contributed by atoms with Crippen molar-refractivity contribution in [3.63, 3.8) is 0 Å². The molecule has 0 atom stereocenters. The third-order valence-electron chi connectivity index (χ3n) is 2.96. The van der Waals surface area contributed by atoms with Crippen LogP contribution in [0.1, 0.15) is 20.8 Å². The van der Waals surface area contributed by atoms with Gasteiger partial charge in [0.25, 0.3) is 0 Å². The molecule has 0 saturated heterocycles. The van der Waals surface area contributed by atoms with Crippen LogP contribution in [0.5, 0.6) is 11.5 Å². The van der Waals surface area contributed by atoms with Gasteiger partial charge in [0.15, 0.2) is 11.5 Å². The van der Waals surface area contributed by atoms with Gasteiger partial charge in [-0.2, -0.15) is 0 Å². The predicted molar refractivity (Wildman–Crippen MR) is 78.2 cm³/mol. The molecule has 0 unspecified atom stereocenters. The summed E-state index contributed by atoms with van der Waals surface area (Å²) in [6.07, 6.45) is 0. The van der Waals surface area contributed by atoms with Gasteiger partial charge in [-0.1, -0.05) is 6.07 Å². The molecule has 0 aliphatic carbocycles. The first kappa shape index (κ1) is 14.2. The van der Waals surface area contributed by atoms with Crippen LogP contribution in [-0.4, -0.2) is 28.1 Å². The first-order chi connectivity index (χ1) is 8.89. The van der Waals surface area contributed by atoms with Crippen LogP contribution in [0.25, 0.3) is 0 Å². The standard InChI is InChI=1S/C14H22NO3Si/c1-14(2,3)15(9-18-19(4)5)11-7-6-8-12-13(11)17-10-16-12/h6-8H,9-10H2,1-5H3. The zero-order valence-electron chi connectivity index (χ0n) is 12.3. The number of benzene rings is 1. The highest BCUT2D eigenvalue weighted by atomic mass is 28.3. The highest BCUT2D eigenvalue weighted by Gasteiger charge is 2.28. The lowest BCUT2D eigenvalue weighted by atomic mass is 10.1. The van der Waals surface area contributed by atoms with Gasteiger partial charge >= 0.3 is 0 Å². The number of rotatable bonds is 4. The molecule has 1 aliphatic heterocycles. The maximum Gasteiger partial charge on any atom is 0.231 e. The van der Waals surface area contributed by atoms with Gasteiger partial charge in [0, 0.05) is 5.54 Å².